The van der Waals surface area contributed by atoms with Crippen molar-refractivity contribution >= 4 is 11.9 Å². The molecule has 4 rings (SSSR count). The molecule has 1 aromatic carbocycles. The van der Waals surface area contributed by atoms with Gasteiger partial charge in [-0.1, -0.05) is 24.6 Å². The molecule has 7 heteroatoms. The number of aromatic nitrogens is 1. The van der Waals surface area contributed by atoms with Gasteiger partial charge in [0, 0.05) is 38.7 Å². The number of hydrogen-bond acceptors (Lipinski definition) is 6. The number of carbonyl (C=O) groups excluding carboxylic acids is 2. The molecule has 0 N–H and O–H groups in total. The number of rotatable bonds is 7. The van der Waals surface area contributed by atoms with Gasteiger partial charge < -0.3 is 14.4 Å². The van der Waals surface area contributed by atoms with E-state index in [-0.39, 0.29) is 24.0 Å². The molecule has 0 saturated carbocycles. The SMILES string of the molecule is CCOC(=O)C1CCCCN1Cc1cccc(OC2CCN(C(=O)c3ccccn3)CC2)c1. The first-order valence-electron chi connectivity index (χ1n) is 12.0. The number of likely N-dealkylation sites (tertiary alicyclic amines) is 2. The molecule has 33 heavy (non-hydrogen) atoms. The summed E-state index contributed by atoms with van der Waals surface area (Å²) in [6, 6.07) is 13.4. The zero-order valence-corrected chi connectivity index (χ0v) is 19.3. The van der Waals surface area contributed by atoms with Crippen molar-refractivity contribution in [3.8, 4) is 5.75 Å². The van der Waals surface area contributed by atoms with Gasteiger partial charge in [0.1, 0.15) is 23.6 Å². The van der Waals surface area contributed by atoms with E-state index >= 15 is 0 Å². The topological polar surface area (TPSA) is 72.0 Å². The molecule has 1 amide bonds. The molecule has 7 nitrogen and oxygen atoms in total. The number of carbonyl (C=O) groups is 2. The first-order chi connectivity index (χ1) is 16.1. The third-order valence-corrected chi connectivity index (χ3v) is 6.37. The molecule has 1 unspecified atom stereocenters. The Morgan fingerprint density at radius 3 is 2.64 bits per heavy atom. The van der Waals surface area contributed by atoms with Crippen molar-refractivity contribution < 1.29 is 19.1 Å². The Hall–Kier alpha value is -2.93. The second-order valence-electron chi connectivity index (χ2n) is 8.71. The molecule has 0 bridgehead atoms. The first-order valence-corrected chi connectivity index (χ1v) is 12.0. The minimum atomic E-state index is -0.163. The van der Waals surface area contributed by atoms with Crippen LogP contribution in [-0.4, -0.2) is 65.0 Å². The maximum absolute atomic E-state index is 12.6. The second-order valence-corrected chi connectivity index (χ2v) is 8.71. The number of nitrogens with zero attached hydrogens (tertiary/aromatic N) is 3. The van der Waals surface area contributed by atoms with Gasteiger partial charge in [-0.05, 0) is 56.1 Å². The van der Waals surface area contributed by atoms with Gasteiger partial charge in [-0.25, -0.2) is 0 Å². The van der Waals surface area contributed by atoms with Gasteiger partial charge in [-0.15, -0.1) is 0 Å². The Morgan fingerprint density at radius 2 is 1.88 bits per heavy atom. The summed E-state index contributed by atoms with van der Waals surface area (Å²) in [6.45, 7) is 5.20. The number of benzene rings is 1. The van der Waals surface area contributed by atoms with Gasteiger partial charge >= 0.3 is 5.97 Å². The van der Waals surface area contributed by atoms with Gasteiger partial charge in [0.25, 0.3) is 5.91 Å². The Labute approximate surface area is 195 Å². The van der Waals surface area contributed by atoms with Crippen molar-refractivity contribution in [1.29, 1.82) is 0 Å². The number of pyridine rings is 1. The first kappa shape index (κ1) is 23.2. The largest absolute Gasteiger partial charge is 0.490 e. The molecule has 176 valence electrons. The minimum absolute atomic E-state index is 0.0197. The zero-order chi connectivity index (χ0) is 23.0. The van der Waals surface area contributed by atoms with Crippen molar-refractivity contribution in [3.63, 3.8) is 0 Å². The lowest BCUT2D eigenvalue weighted by molar-refractivity contribution is -0.151. The molecule has 2 saturated heterocycles. The monoisotopic (exact) mass is 451 g/mol. The van der Waals surface area contributed by atoms with Gasteiger partial charge in [0.05, 0.1) is 6.61 Å². The fraction of sp³-hybridized carbons (Fsp3) is 0.500. The average Bonchev–Trinajstić information content (AvgIpc) is 2.85. The van der Waals surface area contributed by atoms with E-state index in [9.17, 15) is 9.59 Å². The van der Waals surface area contributed by atoms with Crippen molar-refractivity contribution in [2.75, 3.05) is 26.2 Å². The lowest BCUT2D eigenvalue weighted by Crippen LogP contribution is -2.44. The summed E-state index contributed by atoms with van der Waals surface area (Å²) in [5.74, 6) is 0.706. The molecular weight excluding hydrogens is 418 g/mol. The van der Waals surface area contributed by atoms with Crippen LogP contribution in [0, 0.1) is 0 Å². The van der Waals surface area contributed by atoms with Crippen LogP contribution < -0.4 is 4.74 Å². The second kappa shape index (κ2) is 11.3. The predicted molar refractivity (Wildman–Crippen MR) is 125 cm³/mol. The fourth-order valence-corrected chi connectivity index (χ4v) is 4.66. The minimum Gasteiger partial charge on any atom is -0.490 e. The molecule has 1 atom stereocenters. The summed E-state index contributed by atoms with van der Waals surface area (Å²) in [7, 11) is 0. The Kier molecular flexibility index (Phi) is 7.94. The fourth-order valence-electron chi connectivity index (χ4n) is 4.66. The van der Waals surface area contributed by atoms with Crippen molar-refractivity contribution in [2.45, 2.75) is 57.7 Å². The predicted octanol–water partition coefficient (Wildman–Crippen LogP) is 3.68. The zero-order valence-electron chi connectivity index (χ0n) is 19.3. The van der Waals surface area contributed by atoms with Crippen LogP contribution in [0.3, 0.4) is 0 Å². The molecule has 0 radical (unpaired) electrons. The molecule has 2 aliphatic heterocycles. The molecular formula is C26H33N3O4. The van der Waals surface area contributed by atoms with E-state index in [4.69, 9.17) is 9.47 Å². The lowest BCUT2D eigenvalue weighted by atomic mass is 10.0. The van der Waals surface area contributed by atoms with E-state index in [2.05, 4.69) is 22.0 Å². The van der Waals surface area contributed by atoms with Crippen molar-refractivity contribution in [1.82, 2.24) is 14.8 Å². The van der Waals surface area contributed by atoms with Gasteiger partial charge in [-0.2, -0.15) is 0 Å². The van der Waals surface area contributed by atoms with E-state index < -0.39 is 0 Å². The quantitative estimate of drug-likeness (QED) is 0.598. The number of ether oxygens (including phenoxy) is 2. The van der Waals surface area contributed by atoms with E-state index in [0.29, 0.717) is 31.9 Å². The average molecular weight is 452 g/mol. The molecule has 0 aliphatic carbocycles. The van der Waals surface area contributed by atoms with Crippen LogP contribution in [0.1, 0.15) is 55.1 Å². The molecule has 2 fully saturated rings. The van der Waals surface area contributed by atoms with Crippen LogP contribution in [0.5, 0.6) is 5.75 Å². The Balaban J connectivity index is 1.31. The maximum atomic E-state index is 12.6. The summed E-state index contributed by atoms with van der Waals surface area (Å²) in [6.07, 6.45) is 6.32. The standard InChI is InChI=1S/C26H33N3O4/c1-2-32-26(31)24-11-4-6-15-29(24)19-20-8-7-9-22(18-20)33-21-12-16-28(17-13-21)25(30)23-10-3-5-14-27-23/h3,5,7-10,14,18,21,24H,2,4,6,11-13,15-17,19H2,1H3. The van der Waals surface area contributed by atoms with E-state index in [0.717, 1.165) is 50.0 Å². The van der Waals surface area contributed by atoms with E-state index in [1.807, 2.05) is 36.1 Å². The highest BCUT2D eigenvalue weighted by Gasteiger charge is 2.30. The van der Waals surface area contributed by atoms with E-state index in [1.165, 1.54) is 0 Å². The lowest BCUT2D eigenvalue weighted by Gasteiger charge is -2.34. The molecule has 2 aromatic rings. The summed E-state index contributed by atoms with van der Waals surface area (Å²) < 4.78 is 11.6. The summed E-state index contributed by atoms with van der Waals surface area (Å²) in [5, 5.41) is 0. The van der Waals surface area contributed by atoms with Crippen LogP contribution in [0.2, 0.25) is 0 Å². The highest BCUT2D eigenvalue weighted by atomic mass is 16.5. The van der Waals surface area contributed by atoms with E-state index in [1.54, 1.807) is 12.3 Å². The molecule has 2 aliphatic rings. The highest BCUT2D eigenvalue weighted by molar-refractivity contribution is 5.92. The van der Waals surface area contributed by atoms with Gasteiger partial charge in [-0.3, -0.25) is 19.5 Å². The number of amides is 1. The third kappa shape index (κ3) is 6.11. The van der Waals surface area contributed by atoms with Crippen LogP contribution in [-0.2, 0) is 16.1 Å². The van der Waals surface area contributed by atoms with Crippen LogP contribution in [0.4, 0.5) is 0 Å². The molecule has 1 aromatic heterocycles. The smallest absolute Gasteiger partial charge is 0.323 e. The van der Waals surface area contributed by atoms with Gasteiger partial charge in [0.15, 0.2) is 0 Å². The summed E-state index contributed by atoms with van der Waals surface area (Å²) in [5.41, 5.74) is 1.62. The number of esters is 1. The van der Waals surface area contributed by atoms with Crippen LogP contribution in [0.25, 0.3) is 0 Å². The number of hydrogen-bond donors (Lipinski definition) is 0. The number of piperidine rings is 2. The van der Waals surface area contributed by atoms with Gasteiger partial charge in [0.2, 0.25) is 0 Å². The molecule has 0 spiro atoms. The Bertz CT molecular complexity index is 928. The summed E-state index contributed by atoms with van der Waals surface area (Å²) >= 11 is 0. The van der Waals surface area contributed by atoms with Crippen molar-refractivity contribution in [2.24, 2.45) is 0 Å². The van der Waals surface area contributed by atoms with Crippen LogP contribution >= 0.6 is 0 Å². The third-order valence-electron chi connectivity index (χ3n) is 6.37. The maximum Gasteiger partial charge on any atom is 0.323 e. The highest BCUT2D eigenvalue weighted by Crippen LogP contribution is 2.24. The van der Waals surface area contributed by atoms with Crippen molar-refractivity contribution in [3.05, 3.63) is 59.9 Å². The normalized spacial score (nSPS) is 19.8. The molecule has 3 heterocycles. The summed E-state index contributed by atoms with van der Waals surface area (Å²) in [4.78, 5) is 33.2. The Morgan fingerprint density at radius 1 is 1.03 bits per heavy atom. The van der Waals surface area contributed by atoms with Crippen LogP contribution in [0.15, 0.2) is 48.7 Å².